The Kier molecular flexibility index (Phi) is 2.47. The third-order valence-electron chi connectivity index (χ3n) is 5.96. The van der Waals surface area contributed by atoms with Crippen LogP contribution in [-0.4, -0.2) is 17.7 Å². The highest BCUT2D eigenvalue weighted by Gasteiger charge is 2.51. The number of piperidine rings is 1. The number of fused-ring (bicyclic) bond motifs is 1. The number of phenols is 1. The molecule has 1 aromatic carbocycles. The summed E-state index contributed by atoms with van der Waals surface area (Å²) in [4.78, 5) is 0. The number of phenolic OH excluding ortho intramolecular Hbond substituents is 1. The van der Waals surface area contributed by atoms with Gasteiger partial charge in [-0.25, -0.2) is 0 Å². The summed E-state index contributed by atoms with van der Waals surface area (Å²) >= 11 is 0. The van der Waals surface area contributed by atoms with Crippen LogP contribution in [0.1, 0.15) is 48.8 Å². The maximum absolute atomic E-state index is 10.1. The molecule has 2 heteroatoms. The molecule has 2 fully saturated rings. The summed E-state index contributed by atoms with van der Waals surface area (Å²) in [6.07, 6.45) is 7.85. The average Bonchev–Trinajstić information content (AvgIpc) is 2.41. The van der Waals surface area contributed by atoms with Gasteiger partial charge in [0.25, 0.3) is 0 Å². The number of rotatable bonds is 0. The maximum Gasteiger partial charge on any atom is 0.118 e. The monoisotopic (exact) mass is 257 g/mol. The highest BCUT2D eigenvalue weighted by atomic mass is 16.3. The van der Waals surface area contributed by atoms with Crippen molar-refractivity contribution in [1.29, 1.82) is 0 Å². The summed E-state index contributed by atoms with van der Waals surface area (Å²) < 4.78 is 0. The first kappa shape index (κ1) is 11.8. The van der Waals surface area contributed by atoms with E-state index in [0.29, 0.717) is 17.2 Å². The molecule has 2 aliphatic carbocycles. The molecule has 0 amide bonds. The van der Waals surface area contributed by atoms with Crippen molar-refractivity contribution >= 4 is 0 Å². The summed E-state index contributed by atoms with van der Waals surface area (Å²) in [5.41, 5.74) is 4.37. The van der Waals surface area contributed by atoms with Crippen LogP contribution < -0.4 is 5.32 Å². The lowest BCUT2D eigenvalue weighted by Gasteiger charge is -2.56. The standard InChI is InChI=1S/C17H23NO/c1-11-8-12-9-15-13-4-2-3-5-17(13,6-7-18-15)14(12)10-16(11)19/h8,10,13,15,18-19H,2-7,9H2,1H3/t13?,15-,17-/m0/s1. The number of nitrogens with one attached hydrogen (secondary N) is 1. The second kappa shape index (κ2) is 3.99. The molecule has 1 heterocycles. The summed E-state index contributed by atoms with van der Waals surface area (Å²) in [5, 5.41) is 13.9. The minimum atomic E-state index is 0.368. The predicted octanol–water partition coefficient (Wildman–Crippen LogP) is 3.05. The number of hydrogen-bond donors (Lipinski definition) is 2. The topological polar surface area (TPSA) is 32.3 Å². The molecule has 102 valence electrons. The van der Waals surface area contributed by atoms with Crippen LogP contribution in [0.25, 0.3) is 0 Å². The van der Waals surface area contributed by atoms with Crippen LogP contribution in [0.2, 0.25) is 0 Å². The second-order valence-corrected chi connectivity index (χ2v) is 6.82. The van der Waals surface area contributed by atoms with Crippen molar-refractivity contribution in [2.24, 2.45) is 5.92 Å². The molecule has 1 saturated heterocycles. The van der Waals surface area contributed by atoms with E-state index in [4.69, 9.17) is 0 Å². The lowest BCUT2D eigenvalue weighted by atomic mass is 9.52. The van der Waals surface area contributed by atoms with E-state index in [1.54, 1.807) is 0 Å². The Morgan fingerprint density at radius 2 is 2.16 bits per heavy atom. The summed E-state index contributed by atoms with van der Waals surface area (Å²) in [5.74, 6) is 1.29. The molecule has 2 N–H and O–H groups in total. The molecule has 2 nitrogen and oxygen atoms in total. The SMILES string of the molecule is Cc1cc2c(cc1O)[C@]13CCCCC1[C@H](C2)NCC3. The first-order chi connectivity index (χ1) is 9.21. The molecule has 4 rings (SSSR count). The summed E-state index contributed by atoms with van der Waals surface area (Å²) in [7, 11) is 0. The number of benzene rings is 1. The minimum Gasteiger partial charge on any atom is -0.508 e. The van der Waals surface area contributed by atoms with Crippen molar-refractivity contribution in [3.63, 3.8) is 0 Å². The van der Waals surface area contributed by atoms with Gasteiger partial charge in [0.2, 0.25) is 0 Å². The maximum atomic E-state index is 10.1. The van der Waals surface area contributed by atoms with Gasteiger partial charge in [0.1, 0.15) is 5.75 Å². The van der Waals surface area contributed by atoms with Crippen LogP contribution in [0.4, 0.5) is 0 Å². The van der Waals surface area contributed by atoms with Crippen LogP contribution in [0, 0.1) is 12.8 Å². The van der Waals surface area contributed by atoms with Crippen LogP contribution in [-0.2, 0) is 11.8 Å². The molecular formula is C17H23NO. The van der Waals surface area contributed by atoms with E-state index in [2.05, 4.69) is 17.4 Å². The van der Waals surface area contributed by atoms with Crippen LogP contribution in [0.15, 0.2) is 12.1 Å². The van der Waals surface area contributed by atoms with Crippen molar-refractivity contribution in [2.45, 2.75) is 56.9 Å². The quantitative estimate of drug-likeness (QED) is 0.748. The average molecular weight is 257 g/mol. The number of aryl methyl sites for hydroxylation is 1. The molecule has 0 spiro atoms. The van der Waals surface area contributed by atoms with Crippen molar-refractivity contribution in [3.05, 3.63) is 28.8 Å². The Morgan fingerprint density at radius 3 is 3.05 bits per heavy atom. The highest BCUT2D eigenvalue weighted by Crippen LogP contribution is 2.54. The Bertz CT molecular complexity index is 520. The zero-order chi connectivity index (χ0) is 13.0. The fourth-order valence-electron chi connectivity index (χ4n) is 5.10. The van der Waals surface area contributed by atoms with Gasteiger partial charge < -0.3 is 10.4 Å². The van der Waals surface area contributed by atoms with E-state index < -0.39 is 0 Å². The van der Waals surface area contributed by atoms with E-state index in [9.17, 15) is 5.11 Å². The summed E-state index contributed by atoms with van der Waals surface area (Å²) in [6, 6.07) is 5.01. The van der Waals surface area contributed by atoms with Gasteiger partial charge in [-0.05, 0) is 67.8 Å². The Balaban J connectivity index is 1.92. The fraction of sp³-hybridized carbons (Fsp3) is 0.647. The molecule has 1 saturated carbocycles. The van der Waals surface area contributed by atoms with Gasteiger partial charge >= 0.3 is 0 Å². The largest absolute Gasteiger partial charge is 0.508 e. The fourth-order valence-corrected chi connectivity index (χ4v) is 5.10. The van der Waals surface area contributed by atoms with Crippen LogP contribution >= 0.6 is 0 Å². The highest BCUT2D eigenvalue weighted by molar-refractivity contribution is 5.48. The lowest BCUT2D eigenvalue weighted by Crippen LogP contribution is -2.59. The predicted molar refractivity (Wildman–Crippen MR) is 76.6 cm³/mol. The van der Waals surface area contributed by atoms with E-state index in [-0.39, 0.29) is 0 Å². The van der Waals surface area contributed by atoms with E-state index in [0.717, 1.165) is 24.4 Å². The number of aromatic hydroxyl groups is 1. The van der Waals surface area contributed by atoms with Gasteiger partial charge in [0.05, 0.1) is 0 Å². The molecular weight excluding hydrogens is 234 g/mol. The van der Waals surface area contributed by atoms with Crippen molar-refractivity contribution in [1.82, 2.24) is 5.32 Å². The van der Waals surface area contributed by atoms with E-state index >= 15 is 0 Å². The first-order valence-corrected chi connectivity index (χ1v) is 7.77. The Labute approximate surface area is 115 Å². The molecule has 1 aliphatic heterocycles. The number of hydrogen-bond acceptors (Lipinski definition) is 2. The molecule has 0 aromatic heterocycles. The van der Waals surface area contributed by atoms with Gasteiger partial charge in [0.15, 0.2) is 0 Å². The smallest absolute Gasteiger partial charge is 0.118 e. The molecule has 2 bridgehead atoms. The second-order valence-electron chi connectivity index (χ2n) is 6.82. The van der Waals surface area contributed by atoms with Gasteiger partial charge in [-0.1, -0.05) is 18.9 Å². The zero-order valence-electron chi connectivity index (χ0n) is 11.7. The first-order valence-electron chi connectivity index (χ1n) is 7.77. The summed E-state index contributed by atoms with van der Waals surface area (Å²) in [6.45, 7) is 3.17. The lowest BCUT2D eigenvalue weighted by molar-refractivity contribution is 0.0795. The molecule has 0 radical (unpaired) electrons. The zero-order valence-corrected chi connectivity index (χ0v) is 11.7. The van der Waals surface area contributed by atoms with Crippen LogP contribution in [0.3, 0.4) is 0 Å². The molecule has 19 heavy (non-hydrogen) atoms. The Hall–Kier alpha value is -1.02. The molecule has 1 unspecified atom stereocenters. The van der Waals surface area contributed by atoms with Gasteiger partial charge in [-0.2, -0.15) is 0 Å². The molecule has 3 atom stereocenters. The van der Waals surface area contributed by atoms with E-state index in [1.807, 2.05) is 6.92 Å². The molecule has 3 aliphatic rings. The van der Waals surface area contributed by atoms with Gasteiger partial charge in [-0.3, -0.25) is 0 Å². The van der Waals surface area contributed by atoms with Crippen LogP contribution in [0.5, 0.6) is 5.75 Å². The third kappa shape index (κ3) is 1.53. The Morgan fingerprint density at radius 1 is 1.26 bits per heavy atom. The van der Waals surface area contributed by atoms with Crippen molar-refractivity contribution in [2.75, 3.05) is 6.54 Å². The van der Waals surface area contributed by atoms with Crippen molar-refractivity contribution < 1.29 is 5.11 Å². The minimum absolute atomic E-state index is 0.368. The van der Waals surface area contributed by atoms with E-state index in [1.165, 1.54) is 43.2 Å². The molecule has 1 aromatic rings. The van der Waals surface area contributed by atoms with Gasteiger partial charge in [-0.15, -0.1) is 0 Å². The normalized spacial score (nSPS) is 36.5. The van der Waals surface area contributed by atoms with Gasteiger partial charge in [0, 0.05) is 11.5 Å². The van der Waals surface area contributed by atoms with Crippen molar-refractivity contribution in [3.8, 4) is 5.75 Å². The third-order valence-corrected chi connectivity index (χ3v) is 5.96.